The molecule has 1 saturated heterocycles. The third-order valence-electron chi connectivity index (χ3n) is 14.5. The monoisotopic (exact) mass is 640 g/mol. The van der Waals surface area contributed by atoms with Crippen LogP contribution in [0.15, 0.2) is 27.8 Å². The van der Waals surface area contributed by atoms with Crippen LogP contribution < -0.4 is 16.5 Å². The Bertz CT molecular complexity index is 1300. The molecule has 5 fully saturated rings. The average molecular weight is 641 g/mol. The van der Waals surface area contributed by atoms with E-state index < -0.39 is 16.6 Å². The van der Waals surface area contributed by atoms with Gasteiger partial charge in [-0.3, -0.25) is 4.79 Å². The minimum Gasteiger partial charge on any atom is -0.472 e. The van der Waals surface area contributed by atoms with E-state index in [-0.39, 0.29) is 28.3 Å². The number of fused-ring (bicyclic) bond motifs is 5. The molecule has 0 radical (unpaired) electrons. The zero-order valence-electron chi connectivity index (χ0n) is 29.0. The van der Waals surface area contributed by atoms with Crippen LogP contribution in [0.4, 0.5) is 4.79 Å². The Morgan fingerprint density at radius 2 is 1.70 bits per heavy atom. The van der Waals surface area contributed by atoms with E-state index in [2.05, 4.69) is 42.8 Å². The van der Waals surface area contributed by atoms with Gasteiger partial charge in [0.05, 0.1) is 18.1 Å². The smallest absolute Gasteiger partial charge is 0.407 e. The number of nitrogens with zero attached hydrogens (tertiary/aromatic N) is 2. The molecule has 258 valence electrons. The topological polar surface area (TPSA) is 121 Å². The zero-order valence-corrected chi connectivity index (χ0v) is 29.0. The Kier molecular flexibility index (Phi) is 9.47. The Morgan fingerprint density at radius 1 is 0.978 bits per heavy atom. The first-order valence-electron chi connectivity index (χ1n) is 18.3. The van der Waals surface area contributed by atoms with Crippen LogP contribution in [-0.4, -0.2) is 84.6 Å². The number of alkyl carbamates (subject to hydrolysis) is 1. The van der Waals surface area contributed by atoms with Crippen molar-refractivity contribution in [2.75, 3.05) is 52.4 Å². The first-order chi connectivity index (χ1) is 21.9. The number of aliphatic hydroxyl groups is 1. The highest BCUT2D eigenvalue weighted by molar-refractivity contribution is 5.67. The molecular weight excluding hydrogens is 580 g/mol. The molecule has 0 bridgehead atoms. The van der Waals surface area contributed by atoms with Crippen molar-refractivity contribution in [2.24, 2.45) is 34.3 Å². The lowest BCUT2D eigenvalue weighted by atomic mass is 9.41. The molecule has 9 heteroatoms. The summed E-state index contributed by atoms with van der Waals surface area (Å²) in [5.74, 6) is 1.11. The molecule has 0 unspecified atom stereocenters. The Morgan fingerprint density at radius 3 is 2.39 bits per heavy atom. The Labute approximate surface area is 276 Å². The number of carbonyl (C=O) groups excluding carboxylic acids is 1. The number of rotatable bonds is 9. The van der Waals surface area contributed by atoms with E-state index in [0.717, 1.165) is 116 Å². The Balaban J connectivity index is 1.02. The molecule has 9 nitrogen and oxygen atoms in total. The van der Waals surface area contributed by atoms with Crippen LogP contribution >= 0.6 is 0 Å². The second-order valence-corrected chi connectivity index (χ2v) is 16.6. The highest BCUT2D eigenvalue weighted by Gasteiger charge is 2.71. The maximum Gasteiger partial charge on any atom is 0.407 e. The lowest BCUT2D eigenvalue weighted by molar-refractivity contribution is -0.217. The van der Waals surface area contributed by atoms with Gasteiger partial charge < -0.3 is 35.1 Å². The van der Waals surface area contributed by atoms with E-state index in [1.165, 1.54) is 12.3 Å². The summed E-state index contributed by atoms with van der Waals surface area (Å²) in [6.45, 7) is 16.8. The van der Waals surface area contributed by atoms with Gasteiger partial charge >= 0.3 is 6.09 Å². The fraction of sp³-hybridized carbons (Fsp3) is 0.838. The van der Waals surface area contributed by atoms with Crippen LogP contribution in [0.3, 0.4) is 0 Å². The minimum atomic E-state index is -0.809. The van der Waals surface area contributed by atoms with Crippen molar-refractivity contribution >= 4 is 6.09 Å². The second kappa shape index (κ2) is 12.8. The van der Waals surface area contributed by atoms with E-state index in [0.29, 0.717) is 23.9 Å². The summed E-state index contributed by atoms with van der Waals surface area (Å²) in [7, 11) is 0. The molecule has 6 rings (SSSR count). The molecule has 5 aliphatic rings. The maximum absolute atomic E-state index is 13.0. The third-order valence-corrected chi connectivity index (χ3v) is 14.5. The summed E-state index contributed by atoms with van der Waals surface area (Å²) < 4.78 is 11.7. The number of nitrogens with one attached hydrogen (secondary N) is 1. The van der Waals surface area contributed by atoms with Crippen molar-refractivity contribution in [2.45, 2.75) is 115 Å². The van der Waals surface area contributed by atoms with Crippen molar-refractivity contribution in [1.82, 2.24) is 15.1 Å². The van der Waals surface area contributed by atoms with Gasteiger partial charge in [0.1, 0.15) is 5.60 Å². The maximum atomic E-state index is 13.0. The van der Waals surface area contributed by atoms with E-state index in [1.54, 1.807) is 6.26 Å². The predicted molar refractivity (Wildman–Crippen MR) is 180 cm³/mol. The molecule has 0 aromatic carbocycles. The number of carbonyl (C=O) groups is 1. The van der Waals surface area contributed by atoms with Crippen LogP contribution in [0.5, 0.6) is 0 Å². The fourth-order valence-electron chi connectivity index (χ4n) is 11.2. The van der Waals surface area contributed by atoms with Gasteiger partial charge in [-0.2, -0.15) is 0 Å². The first-order valence-corrected chi connectivity index (χ1v) is 18.3. The predicted octanol–water partition coefficient (Wildman–Crippen LogP) is 4.90. The van der Waals surface area contributed by atoms with E-state index >= 15 is 0 Å². The fourth-order valence-corrected chi connectivity index (χ4v) is 11.2. The van der Waals surface area contributed by atoms with Crippen molar-refractivity contribution < 1.29 is 19.1 Å². The van der Waals surface area contributed by atoms with Crippen LogP contribution in [-0.2, 0) is 10.2 Å². The molecule has 0 spiro atoms. The lowest BCUT2D eigenvalue weighted by Crippen LogP contribution is -2.65. The van der Waals surface area contributed by atoms with Crippen LogP contribution in [0.25, 0.3) is 0 Å². The average Bonchev–Trinajstić information content (AvgIpc) is 3.25. The highest BCUT2D eigenvalue weighted by atomic mass is 16.6. The molecule has 8 atom stereocenters. The van der Waals surface area contributed by atoms with E-state index in [1.807, 2.05) is 0 Å². The number of nitrogens with two attached hydrogens (primary N) is 1. The van der Waals surface area contributed by atoms with Crippen LogP contribution in [0.1, 0.15) is 104 Å². The van der Waals surface area contributed by atoms with Gasteiger partial charge in [0, 0.05) is 55.2 Å². The van der Waals surface area contributed by atoms with Gasteiger partial charge in [-0.05, 0) is 120 Å². The molecule has 1 amide bonds. The summed E-state index contributed by atoms with van der Waals surface area (Å²) in [6, 6.07) is 1.52. The van der Waals surface area contributed by atoms with Crippen LogP contribution in [0, 0.1) is 28.6 Å². The van der Waals surface area contributed by atoms with Gasteiger partial charge in [-0.25, -0.2) is 4.79 Å². The molecule has 1 aromatic heterocycles. The van der Waals surface area contributed by atoms with E-state index in [4.69, 9.17) is 14.9 Å². The number of piperazine rings is 1. The molecule has 1 aliphatic heterocycles. The summed E-state index contributed by atoms with van der Waals surface area (Å²) in [6.07, 6.45) is 13.0. The Hall–Kier alpha value is -1.94. The minimum absolute atomic E-state index is 0.0142. The molecule has 46 heavy (non-hydrogen) atoms. The normalized spacial score (nSPS) is 41.3. The molecule has 4 N–H and O–H groups in total. The second-order valence-electron chi connectivity index (χ2n) is 16.6. The number of ether oxygens (including phenoxy) is 1. The number of hydrogen-bond acceptors (Lipinski definition) is 8. The molecular formula is C37H60N4O5. The van der Waals surface area contributed by atoms with Crippen molar-refractivity contribution in [3.05, 3.63) is 34.4 Å². The van der Waals surface area contributed by atoms with Crippen molar-refractivity contribution in [1.29, 1.82) is 0 Å². The molecule has 2 heterocycles. The van der Waals surface area contributed by atoms with Crippen molar-refractivity contribution in [3.63, 3.8) is 0 Å². The molecule has 4 aliphatic carbocycles. The third kappa shape index (κ3) is 5.75. The van der Waals surface area contributed by atoms with E-state index in [9.17, 15) is 14.7 Å². The summed E-state index contributed by atoms with van der Waals surface area (Å²) in [5, 5.41) is 15.7. The molecule has 1 aromatic rings. The van der Waals surface area contributed by atoms with Gasteiger partial charge in [0.2, 0.25) is 0 Å². The summed E-state index contributed by atoms with van der Waals surface area (Å²) in [4.78, 5) is 30.9. The first kappa shape index (κ1) is 33.9. The summed E-state index contributed by atoms with van der Waals surface area (Å²) in [5.41, 5.74) is 4.42. The van der Waals surface area contributed by atoms with Gasteiger partial charge in [0.25, 0.3) is 0 Å². The quantitative estimate of drug-likeness (QED) is 0.326. The van der Waals surface area contributed by atoms with Gasteiger partial charge in [0.15, 0.2) is 5.43 Å². The summed E-state index contributed by atoms with van der Waals surface area (Å²) >= 11 is 0. The molecule has 4 saturated carbocycles. The largest absolute Gasteiger partial charge is 0.472 e. The number of amides is 1. The standard InChI is InChI=1S/C37H60N4O5/c1-33(46-32(43)39-17-6-19-41-22-20-40(21-23-41)18-5-16-38)12-13-34(2)27(25-33)7-8-29-28(34)9-11-36(4)35(3,14-15-37(29,36)44)30-26-45-24-10-31(30)42/h10,24,26-29,44H,5-9,11-23,25,38H2,1-4H3,(H,39,43)/t27-,28+,29-,33+,34+,35-,36-,37+/m1/s1. The zero-order chi connectivity index (χ0) is 32.8. The van der Waals surface area contributed by atoms with Gasteiger partial charge in [-0.1, -0.05) is 20.8 Å². The SMILES string of the molecule is C[C@]1(OC(=O)NCCCN2CCN(CCCN)CC2)CC[C@@]2(C)[C@H](CC[C@@H]3[C@@H]2CC[C@]2(C)[C@@](C)(c4coccc4=O)CC[C@]32O)C1. The van der Waals surface area contributed by atoms with Gasteiger partial charge in [-0.15, -0.1) is 0 Å². The number of hydrogen-bond donors (Lipinski definition) is 3. The van der Waals surface area contributed by atoms with Crippen LogP contribution in [0.2, 0.25) is 0 Å². The highest BCUT2D eigenvalue weighted by Crippen LogP contribution is 2.72. The lowest BCUT2D eigenvalue weighted by Gasteiger charge is -2.65. The van der Waals surface area contributed by atoms with Crippen molar-refractivity contribution in [3.8, 4) is 0 Å².